The summed E-state index contributed by atoms with van der Waals surface area (Å²) < 4.78 is 9.60. The normalized spacial score (nSPS) is 19.1. The van der Waals surface area contributed by atoms with Crippen LogP contribution in [0.25, 0.3) is 38.8 Å². The maximum absolute atomic E-state index is 7.26. The van der Waals surface area contributed by atoms with E-state index in [1.807, 2.05) is 6.20 Å². The molecule has 2 atom stereocenters. The molecule has 0 N–H and O–H groups in total. The second-order valence-electron chi connectivity index (χ2n) is 18.2. The molecule has 0 saturated carbocycles. The van der Waals surface area contributed by atoms with Crippen LogP contribution in [-0.2, 0) is 54.2 Å². The molecule has 56 heavy (non-hydrogen) atoms. The van der Waals surface area contributed by atoms with E-state index in [4.69, 9.17) is 14.7 Å². The predicted molar refractivity (Wildman–Crippen MR) is 227 cm³/mol. The van der Waals surface area contributed by atoms with E-state index in [-0.39, 0.29) is 31.9 Å². The van der Waals surface area contributed by atoms with Gasteiger partial charge in [0, 0.05) is 17.3 Å². The molecule has 0 spiro atoms. The zero-order chi connectivity index (χ0) is 38.7. The van der Waals surface area contributed by atoms with Gasteiger partial charge in [-0.3, -0.25) is 4.99 Å². The van der Waals surface area contributed by atoms with Crippen molar-refractivity contribution in [2.45, 2.75) is 97.6 Å². The van der Waals surface area contributed by atoms with Crippen molar-refractivity contribution >= 4 is 27.7 Å². The predicted octanol–water partition coefficient (Wildman–Crippen LogP) is 12.2. The average Bonchev–Trinajstić information content (AvgIpc) is 3.58. The Bertz CT molecular complexity index is 2740. The van der Waals surface area contributed by atoms with Crippen LogP contribution < -0.4 is 0 Å². The van der Waals surface area contributed by atoms with Gasteiger partial charge in [-0.15, -0.1) is 47.0 Å². The Morgan fingerprint density at radius 2 is 1.39 bits per heavy atom. The number of benzene rings is 5. The number of hydrogen-bond acceptors (Lipinski definition) is 3. The smallest absolute Gasteiger partial charge is 0.507 e. The van der Waals surface area contributed by atoms with Gasteiger partial charge in [0.25, 0.3) is 0 Å². The number of rotatable bonds is 3. The Kier molecular flexibility index (Phi) is 8.94. The van der Waals surface area contributed by atoms with E-state index in [1.54, 1.807) is 0 Å². The van der Waals surface area contributed by atoms with Crippen LogP contribution in [0.15, 0.2) is 108 Å². The van der Waals surface area contributed by atoms with E-state index < -0.39 is 11.1 Å². The topological polar surface area (TPSA) is 39.4 Å². The largest absolute Gasteiger partial charge is 2.00 e. The summed E-state index contributed by atoms with van der Waals surface area (Å²) in [4.78, 5) is 10.5. The number of pyridine rings is 1. The molecule has 2 aromatic heterocycles. The summed E-state index contributed by atoms with van der Waals surface area (Å²) in [5, 5.41) is 2.35. The van der Waals surface area contributed by atoms with Crippen molar-refractivity contribution in [1.82, 2.24) is 9.55 Å². The summed E-state index contributed by atoms with van der Waals surface area (Å²) in [6, 6.07) is 43.2. The van der Waals surface area contributed by atoms with Gasteiger partial charge in [0.2, 0.25) is 0 Å². The Labute approximate surface area is 346 Å². The number of aliphatic imine (C=N–C) groups is 1. The Morgan fingerprint density at radius 1 is 0.714 bits per heavy atom. The van der Waals surface area contributed by atoms with Crippen LogP contribution in [0.4, 0.5) is 0 Å². The van der Waals surface area contributed by atoms with Gasteiger partial charge in [-0.2, -0.15) is 0 Å². The van der Waals surface area contributed by atoms with Gasteiger partial charge < -0.3 is 14.3 Å². The first kappa shape index (κ1) is 38.1. The third kappa shape index (κ3) is 5.90. The van der Waals surface area contributed by atoms with Crippen LogP contribution in [0.3, 0.4) is 0 Å². The van der Waals surface area contributed by atoms with Crippen molar-refractivity contribution in [1.29, 1.82) is 0 Å². The van der Waals surface area contributed by atoms with Crippen LogP contribution in [0, 0.1) is 26.0 Å². The molecular weight excluding hydrogens is 866 g/mol. The van der Waals surface area contributed by atoms with Crippen molar-refractivity contribution in [3.8, 4) is 16.9 Å². The zero-order valence-electron chi connectivity index (χ0n) is 34.1. The molecule has 284 valence electrons. The van der Waals surface area contributed by atoms with E-state index in [1.165, 1.54) is 44.3 Å². The van der Waals surface area contributed by atoms with Gasteiger partial charge in [-0.25, -0.2) is 0 Å². The molecule has 0 saturated heterocycles. The van der Waals surface area contributed by atoms with Crippen LogP contribution in [0.1, 0.15) is 105 Å². The molecule has 0 bridgehead atoms. The van der Waals surface area contributed by atoms with Crippen molar-refractivity contribution in [2.75, 3.05) is 0 Å². The van der Waals surface area contributed by atoms with Crippen LogP contribution >= 0.6 is 0 Å². The van der Waals surface area contributed by atoms with E-state index in [0.717, 1.165) is 50.9 Å². The summed E-state index contributed by atoms with van der Waals surface area (Å²) in [6.07, 6.45) is 2.78. The number of fused-ring (bicyclic) bond motifs is 8. The summed E-state index contributed by atoms with van der Waals surface area (Å²) in [5.74, 6) is 0.615. The summed E-state index contributed by atoms with van der Waals surface area (Å²) >= 11 is 0. The molecule has 9 rings (SSSR count). The van der Waals surface area contributed by atoms with E-state index in [0.29, 0.717) is 5.90 Å². The van der Waals surface area contributed by atoms with Gasteiger partial charge in [-0.1, -0.05) is 132 Å². The quantitative estimate of drug-likeness (QED) is 0.166. The molecule has 2 aliphatic rings. The molecule has 0 unspecified atom stereocenters. The number of nitrogens with zero attached hydrogens (tertiary/aromatic N) is 3. The molecule has 0 fully saturated rings. The van der Waals surface area contributed by atoms with Gasteiger partial charge in [0.1, 0.15) is 17.0 Å². The molecule has 1 aliphatic heterocycles. The van der Waals surface area contributed by atoms with Gasteiger partial charge in [0.05, 0.1) is 0 Å². The van der Waals surface area contributed by atoms with Gasteiger partial charge in [-0.05, 0) is 94.7 Å². The summed E-state index contributed by atoms with van der Waals surface area (Å²) in [7, 11) is 0. The van der Waals surface area contributed by atoms with Gasteiger partial charge in [0.15, 0.2) is 0 Å². The van der Waals surface area contributed by atoms with Crippen LogP contribution in [0.5, 0.6) is 0 Å². The summed E-state index contributed by atoms with van der Waals surface area (Å²) in [5.41, 5.74) is 14.0. The molecule has 5 heteroatoms. The molecule has 3 heterocycles. The van der Waals surface area contributed by atoms with Crippen LogP contribution in [0.2, 0.25) is 0 Å². The van der Waals surface area contributed by atoms with E-state index in [9.17, 15) is 0 Å². The third-order valence-electron chi connectivity index (χ3n) is 12.2. The second-order valence-corrected chi connectivity index (χ2v) is 18.2. The average molecular weight is 915 g/mol. The minimum atomic E-state index is -0.726. The monoisotopic (exact) mass is 914 g/mol. The maximum Gasteiger partial charge on any atom is 2.00 e. The minimum Gasteiger partial charge on any atom is -0.507 e. The number of ether oxygens (including phenoxy) is 1. The van der Waals surface area contributed by atoms with Crippen molar-refractivity contribution in [2.24, 2.45) is 4.99 Å². The van der Waals surface area contributed by atoms with Crippen LogP contribution in [-0.4, -0.2) is 15.4 Å². The zero-order valence-corrected chi connectivity index (χ0v) is 36.4. The Hall–Kier alpha value is -4.79. The molecule has 4 nitrogen and oxygen atoms in total. The van der Waals surface area contributed by atoms with Crippen molar-refractivity contribution < 1.29 is 25.8 Å². The first-order valence-corrected chi connectivity index (χ1v) is 19.5. The fourth-order valence-electron chi connectivity index (χ4n) is 8.85. The van der Waals surface area contributed by atoms with Gasteiger partial charge >= 0.3 is 21.1 Å². The molecular formula is C51H49N3OPt. The fraction of sp³-hybridized carbons (Fsp3) is 0.294. The Morgan fingerprint density at radius 3 is 2.11 bits per heavy atom. The standard InChI is InChI=1S/C51H49N3O.Pt/c1-31-19-20-45-40(23-31)41-24-32(2)39(44-29-36(21-22-52-44)48(3,4)5)30-46(41)54(45)38-27-35(26-37(28-38)49(6,7)8)47-53-50(9)42-17-13-11-15-33(42)25-34-16-12-14-18-43(34)51(50,10)55-47;/h11-24,26,28-29H,25H2,1-10H3;/q-2;+2/t50-,51+;/m1./s1. The third-order valence-corrected chi connectivity index (χ3v) is 12.2. The number of aryl methyl sites for hydroxylation is 2. The number of aromatic nitrogens is 2. The number of hydrogen-bond donors (Lipinski definition) is 0. The molecule has 1 aliphatic carbocycles. The molecule has 0 radical (unpaired) electrons. The van der Waals surface area contributed by atoms with Crippen molar-refractivity contribution in [3.63, 3.8) is 0 Å². The Balaban J connectivity index is 0.00000441. The SMILES string of the molecule is Cc1ccc2c(c1)c1cc(C)c(-c3cc(C(C)(C)C)ccn3)[c-]c1n2-c1[c-]c(C2=N[C@]3(C)c4ccccc4Cc4ccccc4[C@]3(C)O2)cc(C(C)(C)C)c1.[Pt+2]. The second kappa shape index (κ2) is 13.1. The minimum absolute atomic E-state index is 0. The van der Waals surface area contributed by atoms with E-state index >= 15 is 0 Å². The molecule has 0 amide bonds. The molecule has 5 aromatic carbocycles. The van der Waals surface area contributed by atoms with Crippen molar-refractivity contribution in [3.05, 3.63) is 165 Å². The maximum atomic E-state index is 7.26. The summed E-state index contributed by atoms with van der Waals surface area (Å²) in [6.45, 7) is 22.3. The van der Waals surface area contributed by atoms with E-state index in [2.05, 4.69) is 183 Å². The fourth-order valence-corrected chi connectivity index (χ4v) is 8.85. The first-order valence-electron chi connectivity index (χ1n) is 19.5. The first-order chi connectivity index (χ1) is 26.0. The molecule has 7 aromatic rings.